The molecule has 0 N–H and O–H groups in total. The van der Waals surface area contributed by atoms with E-state index in [2.05, 4.69) is 20.8 Å². The van der Waals surface area contributed by atoms with Gasteiger partial charge in [-0.05, 0) is 32.9 Å². The lowest BCUT2D eigenvalue weighted by Gasteiger charge is -2.33. The highest BCUT2D eigenvalue weighted by atomic mass is 35.5. The van der Waals surface area contributed by atoms with Crippen molar-refractivity contribution in [1.29, 1.82) is 0 Å². The van der Waals surface area contributed by atoms with Crippen LogP contribution in [-0.2, 0) is 0 Å². The molecule has 90 valence electrons. The third-order valence-electron chi connectivity index (χ3n) is 2.61. The molecule has 5 heteroatoms. The summed E-state index contributed by atoms with van der Waals surface area (Å²) < 4.78 is 0. The fourth-order valence-electron chi connectivity index (χ4n) is 1.90. The van der Waals surface area contributed by atoms with Crippen LogP contribution in [0.15, 0.2) is 12.1 Å². The number of hydrogen-bond acceptors (Lipinski definition) is 2. The smallest absolute Gasteiger partial charge is 0.117 e. The van der Waals surface area contributed by atoms with E-state index < -0.39 is 0 Å². The minimum atomic E-state index is -0.181. The highest BCUT2D eigenvalue weighted by Crippen LogP contribution is 2.38. The van der Waals surface area contributed by atoms with Crippen molar-refractivity contribution in [2.75, 3.05) is 0 Å². The fraction of sp³-hybridized carbons (Fsp3) is 0.333. The zero-order valence-electron chi connectivity index (χ0n) is 9.67. The highest BCUT2D eigenvalue weighted by Gasteiger charge is 2.38. The maximum absolute atomic E-state index is 6.18. The Balaban J connectivity index is 2.69. The Bertz CT molecular complexity index is 491. The average molecular weight is 304 g/mol. The minimum Gasteiger partial charge on any atom is -0.317 e. The van der Waals surface area contributed by atoms with Crippen molar-refractivity contribution in [3.05, 3.63) is 33.3 Å². The van der Waals surface area contributed by atoms with Crippen LogP contribution in [0.4, 0.5) is 0 Å². The molecule has 1 heterocycles. The van der Waals surface area contributed by atoms with Crippen molar-refractivity contribution < 1.29 is 0 Å². The van der Waals surface area contributed by atoms with Crippen LogP contribution in [0.5, 0.6) is 0 Å². The van der Waals surface area contributed by atoms with Gasteiger partial charge in [-0.1, -0.05) is 47.6 Å². The lowest BCUT2D eigenvalue weighted by atomic mass is 10.1. The molecule has 0 atom stereocenters. The molecule has 0 bridgehead atoms. The lowest BCUT2D eigenvalue weighted by molar-refractivity contribution is 0.356. The van der Waals surface area contributed by atoms with Crippen molar-refractivity contribution in [3.63, 3.8) is 0 Å². The molecule has 1 nitrogen and oxygen atoms in total. The topological polar surface area (TPSA) is 3.24 Å². The van der Waals surface area contributed by atoms with Crippen LogP contribution in [0, 0.1) is 0 Å². The van der Waals surface area contributed by atoms with E-state index in [9.17, 15) is 0 Å². The van der Waals surface area contributed by atoms with Gasteiger partial charge in [-0.25, -0.2) is 0 Å². The normalized spacial score (nSPS) is 15.5. The molecule has 0 radical (unpaired) electrons. The van der Waals surface area contributed by atoms with E-state index >= 15 is 0 Å². The van der Waals surface area contributed by atoms with Gasteiger partial charge in [0.25, 0.3) is 0 Å². The summed E-state index contributed by atoms with van der Waals surface area (Å²) in [4.78, 5) is 3.25. The monoisotopic (exact) mass is 303 g/mol. The molecule has 0 spiro atoms. The molecule has 0 saturated carbocycles. The summed E-state index contributed by atoms with van der Waals surface area (Å²) in [7, 11) is 0. The van der Waals surface area contributed by atoms with Crippen molar-refractivity contribution in [3.8, 4) is 0 Å². The first-order valence-corrected chi connectivity index (χ1v) is 6.69. The lowest BCUT2D eigenvalue weighted by Crippen LogP contribution is -2.44. The van der Waals surface area contributed by atoms with Crippen molar-refractivity contribution in [2.24, 2.45) is 0 Å². The Morgan fingerprint density at radius 2 is 1.29 bits per heavy atom. The zero-order valence-corrected chi connectivity index (χ0v) is 12.8. The maximum Gasteiger partial charge on any atom is 0.117 e. The molecule has 0 amide bonds. The van der Waals surface area contributed by atoms with Gasteiger partial charge in [-0.3, -0.25) is 0 Å². The third kappa shape index (κ3) is 1.99. The van der Waals surface area contributed by atoms with E-state index in [1.54, 1.807) is 12.1 Å². The standard InChI is InChI=1S/C12H11Cl2NS2/c1-12(2,3)15-10(16)8-6(13)4-5-7(14)9(8)11(15)17/h4-5H,1-3H3. The van der Waals surface area contributed by atoms with Gasteiger partial charge in [0, 0.05) is 16.7 Å². The second-order valence-electron chi connectivity index (χ2n) is 4.90. The Labute approximate surface area is 122 Å². The molecule has 1 aromatic carbocycles. The molecule has 1 aliphatic heterocycles. The van der Waals surface area contributed by atoms with E-state index in [4.69, 9.17) is 47.6 Å². The SMILES string of the molecule is CC(C)(C)N1C(=S)c2c(Cl)ccc(Cl)c2C1=S. The molecular weight excluding hydrogens is 293 g/mol. The summed E-state index contributed by atoms with van der Waals surface area (Å²) in [5.41, 5.74) is 1.39. The van der Waals surface area contributed by atoms with Gasteiger partial charge < -0.3 is 4.90 Å². The summed E-state index contributed by atoms with van der Waals surface area (Å²) in [6.45, 7) is 6.16. The van der Waals surface area contributed by atoms with E-state index in [0.717, 1.165) is 11.1 Å². The summed E-state index contributed by atoms with van der Waals surface area (Å²) in [5, 5.41) is 1.20. The van der Waals surface area contributed by atoms with Gasteiger partial charge >= 0.3 is 0 Å². The van der Waals surface area contributed by atoms with Crippen LogP contribution in [-0.4, -0.2) is 20.4 Å². The molecule has 0 fully saturated rings. The Morgan fingerprint density at radius 1 is 0.941 bits per heavy atom. The van der Waals surface area contributed by atoms with Crippen LogP contribution in [0.3, 0.4) is 0 Å². The molecule has 0 unspecified atom stereocenters. The molecule has 0 aliphatic carbocycles. The van der Waals surface area contributed by atoms with Gasteiger partial charge in [-0.2, -0.15) is 0 Å². The van der Waals surface area contributed by atoms with Crippen LogP contribution in [0.2, 0.25) is 10.0 Å². The summed E-state index contributed by atoms with van der Waals surface area (Å²) in [5.74, 6) is 0. The second-order valence-corrected chi connectivity index (χ2v) is 6.48. The predicted molar refractivity (Wildman–Crippen MR) is 81.5 cm³/mol. The highest BCUT2D eigenvalue weighted by molar-refractivity contribution is 7.82. The first kappa shape index (κ1) is 13.2. The van der Waals surface area contributed by atoms with Gasteiger partial charge in [0.15, 0.2) is 0 Å². The zero-order chi connectivity index (χ0) is 13.0. The summed E-state index contributed by atoms with van der Waals surface area (Å²) in [6.07, 6.45) is 0. The van der Waals surface area contributed by atoms with E-state index in [1.165, 1.54) is 0 Å². The molecule has 17 heavy (non-hydrogen) atoms. The number of nitrogens with zero attached hydrogens (tertiary/aromatic N) is 1. The number of fused-ring (bicyclic) bond motifs is 1. The molecule has 1 aliphatic rings. The van der Waals surface area contributed by atoms with Crippen molar-refractivity contribution >= 4 is 57.6 Å². The van der Waals surface area contributed by atoms with Gasteiger partial charge in [-0.15, -0.1) is 0 Å². The number of halogens is 2. The molecule has 2 rings (SSSR count). The maximum atomic E-state index is 6.18. The van der Waals surface area contributed by atoms with Crippen molar-refractivity contribution in [1.82, 2.24) is 4.90 Å². The van der Waals surface area contributed by atoms with E-state index in [1.807, 2.05) is 4.90 Å². The van der Waals surface area contributed by atoms with Crippen LogP contribution < -0.4 is 0 Å². The van der Waals surface area contributed by atoms with E-state index in [0.29, 0.717) is 20.0 Å². The first-order valence-electron chi connectivity index (χ1n) is 5.12. The van der Waals surface area contributed by atoms with Gasteiger partial charge in [0.2, 0.25) is 0 Å². The first-order chi connectivity index (χ1) is 7.75. The minimum absolute atomic E-state index is 0.181. The largest absolute Gasteiger partial charge is 0.317 e. The van der Waals surface area contributed by atoms with Crippen molar-refractivity contribution in [2.45, 2.75) is 26.3 Å². The Kier molecular flexibility index (Phi) is 3.24. The molecule has 0 saturated heterocycles. The molecular formula is C12H11Cl2NS2. The van der Waals surface area contributed by atoms with Gasteiger partial charge in [0.1, 0.15) is 9.98 Å². The fourth-order valence-corrected chi connectivity index (χ4v) is 3.71. The molecule has 1 aromatic rings. The molecule has 0 aromatic heterocycles. The number of rotatable bonds is 0. The Morgan fingerprint density at radius 3 is 1.59 bits per heavy atom. The van der Waals surface area contributed by atoms with E-state index in [-0.39, 0.29) is 5.54 Å². The van der Waals surface area contributed by atoms with Gasteiger partial charge in [0.05, 0.1) is 10.0 Å². The van der Waals surface area contributed by atoms with Crippen LogP contribution in [0.1, 0.15) is 31.9 Å². The van der Waals surface area contributed by atoms with Crippen LogP contribution in [0.25, 0.3) is 0 Å². The second kappa shape index (κ2) is 4.16. The summed E-state index contributed by atoms with van der Waals surface area (Å²) in [6, 6.07) is 3.51. The predicted octanol–water partition coefficient (Wildman–Crippen LogP) is 4.46. The average Bonchev–Trinajstić information content (AvgIpc) is 2.45. The Hall–Kier alpha value is -0.220. The number of benzene rings is 1. The van der Waals surface area contributed by atoms with Crippen LogP contribution >= 0.6 is 47.6 Å². The summed E-state index contributed by atoms with van der Waals surface area (Å²) >= 11 is 23.3. The number of thiocarbonyl (C=S) groups is 2. The quantitative estimate of drug-likeness (QED) is 0.652. The third-order valence-corrected chi connectivity index (χ3v) is 4.01. The number of hydrogen-bond donors (Lipinski definition) is 0.